The predicted molar refractivity (Wildman–Crippen MR) is 141 cm³/mol. The van der Waals surface area contributed by atoms with Gasteiger partial charge in [0, 0.05) is 34.5 Å². The van der Waals surface area contributed by atoms with Crippen molar-refractivity contribution in [1.29, 1.82) is 0 Å². The number of benzene rings is 1. The molecule has 6 nitrogen and oxygen atoms in total. The molecule has 1 aromatic heterocycles. The smallest absolute Gasteiger partial charge is 0.189 e. The van der Waals surface area contributed by atoms with Crippen LogP contribution in [-0.4, -0.2) is 38.6 Å². The number of anilines is 3. The fraction of sp³-hybridized carbons (Fsp3) is 0.348. The second-order valence-electron chi connectivity index (χ2n) is 6.98. The van der Waals surface area contributed by atoms with Crippen LogP contribution in [0.4, 0.5) is 16.6 Å². The molecule has 1 aromatic carbocycles. The Morgan fingerprint density at radius 3 is 2.97 bits per heavy atom. The molecule has 10 heteroatoms. The third-order valence-corrected chi connectivity index (χ3v) is 7.58. The van der Waals surface area contributed by atoms with Crippen LogP contribution in [0.5, 0.6) is 0 Å². The van der Waals surface area contributed by atoms with Crippen LogP contribution in [0.15, 0.2) is 65.6 Å². The first kappa shape index (κ1) is 27.6. The van der Waals surface area contributed by atoms with E-state index in [1.165, 1.54) is 11.3 Å². The minimum absolute atomic E-state index is 0.0616. The summed E-state index contributed by atoms with van der Waals surface area (Å²) >= 11 is 13.0. The van der Waals surface area contributed by atoms with E-state index in [1.54, 1.807) is 18.2 Å². The summed E-state index contributed by atoms with van der Waals surface area (Å²) in [6, 6.07) is 7.39. The van der Waals surface area contributed by atoms with Gasteiger partial charge >= 0.3 is 0 Å². The summed E-state index contributed by atoms with van der Waals surface area (Å²) in [4.78, 5) is 5.57. The number of thiazole rings is 1. The summed E-state index contributed by atoms with van der Waals surface area (Å²) in [5.41, 5.74) is 6.75. The van der Waals surface area contributed by atoms with Gasteiger partial charge in [-0.1, -0.05) is 41.2 Å². The molecule has 1 aliphatic heterocycles. The van der Waals surface area contributed by atoms with Crippen molar-refractivity contribution in [2.75, 3.05) is 29.3 Å². The van der Waals surface area contributed by atoms with Crippen LogP contribution >= 0.6 is 34.5 Å². The van der Waals surface area contributed by atoms with Gasteiger partial charge in [-0.3, -0.25) is 4.21 Å². The number of allylic oxidation sites excluding steroid dienone is 3. The van der Waals surface area contributed by atoms with Gasteiger partial charge in [-0.2, -0.15) is 0 Å². The SMILES string of the molecule is C=C.Nc1nc(Nc2cccc(S(=O)CC3CCCO3)c2)sc1C(O)C/C(Cl)=C\C=C/CCl. The number of ether oxygens (including phenoxy) is 1. The lowest BCUT2D eigenvalue weighted by Gasteiger charge is -2.10. The number of aliphatic hydroxyl groups excluding tert-OH is 1. The molecule has 0 spiro atoms. The fourth-order valence-corrected chi connectivity index (χ4v) is 5.58. The minimum Gasteiger partial charge on any atom is -0.387 e. The molecule has 2 aromatic rings. The molecule has 3 rings (SSSR count). The van der Waals surface area contributed by atoms with Crippen LogP contribution < -0.4 is 11.1 Å². The lowest BCUT2D eigenvalue weighted by molar-refractivity contribution is 0.128. The predicted octanol–water partition coefficient (Wildman–Crippen LogP) is 5.90. The largest absolute Gasteiger partial charge is 0.387 e. The second kappa shape index (κ2) is 14.6. The Morgan fingerprint density at radius 1 is 1.48 bits per heavy atom. The molecule has 3 unspecified atom stereocenters. The zero-order chi connectivity index (χ0) is 24.2. The molecular weight excluding hydrogens is 501 g/mol. The van der Waals surface area contributed by atoms with Gasteiger partial charge < -0.3 is 20.9 Å². The number of hydrogen-bond donors (Lipinski definition) is 3. The van der Waals surface area contributed by atoms with Gasteiger partial charge in [0.1, 0.15) is 5.82 Å². The molecule has 0 radical (unpaired) electrons. The molecule has 3 atom stereocenters. The molecule has 33 heavy (non-hydrogen) atoms. The zero-order valence-electron chi connectivity index (χ0n) is 18.2. The van der Waals surface area contributed by atoms with E-state index in [9.17, 15) is 9.32 Å². The molecule has 4 N–H and O–H groups in total. The number of halogens is 2. The number of hydrogen-bond acceptors (Lipinski definition) is 7. The summed E-state index contributed by atoms with van der Waals surface area (Å²) < 4.78 is 18.2. The van der Waals surface area contributed by atoms with Gasteiger partial charge in [0.05, 0.1) is 33.6 Å². The zero-order valence-corrected chi connectivity index (χ0v) is 21.4. The summed E-state index contributed by atoms with van der Waals surface area (Å²) in [5.74, 6) is 1.14. The molecule has 0 amide bonds. The highest BCUT2D eigenvalue weighted by Crippen LogP contribution is 2.35. The van der Waals surface area contributed by atoms with Gasteiger partial charge in [-0.05, 0) is 37.1 Å². The number of nitrogens with one attached hydrogen (secondary N) is 1. The van der Waals surface area contributed by atoms with E-state index < -0.39 is 16.9 Å². The molecule has 0 aliphatic carbocycles. The average Bonchev–Trinajstić information content (AvgIpc) is 3.45. The molecule has 180 valence electrons. The molecular formula is C23H29Cl2N3O3S2. The lowest BCUT2D eigenvalue weighted by Crippen LogP contribution is -2.15. The van der Waals surface area contributed by atoms with Crippen molar-refractivity contribution in [3.8, 4) is 0 Å². The molecule has 0 bridgehead atoms. The standard InChI is InChI=1S/C21H25Cl2N3O3S2.C2H4/c22-9-2-1-5-14(23)11-18(27)19-20(24)26-21(30-19)25-15-6-3-8-17(12-15)31(28)13-16-7-4-10-29-16;1-2/h1-3,5-6,8,12,16,18,27H,4,7,9-11,13,24H2,(H,25,26);1-2H2/b2-1-,14-5+;. The molecule has 0 saturated carbocycles. The monoisotopic (exact) mass is 529 g/mol. The van der Waals surface area contributed by atoms with Gasteiger partial charge in [0.25, 0.3) is 0 Å². The summed E-state index contributed by atoms with van der Waals surface area (Å²) in [5, 5.41) is 14.7. The van der Waals surface area contributed by atoms with Gasteiger partial charge in [0.2, 0.25) is 0 Å². The Labute approximate surface area is 211 Å². The van der Waals surface area contributed by atoms with Crippen LogP contribution in [0.2, 0.25) is 0 Å². The number of rotatable bonds is 10. The van der Waals surface area contributed by atoms with Crippen molar-refractivity contribution < 1.29 is 14.1 Å². The maximum absolute atomic E-state index is 12.7. The van der Waals surface area contributed by atoms with Crippen molar-refractivity contribution in [2.45, 2.75) is 36.4 Å². The normalized spacial score (nSPS) is 18.0. The topological polar surface area (TPSA) is 97.5 Å². The molecule has 1 aliphatic rings. The third-order valence-electron chi connectivity index (χ3n) is 4.58. The van der Waals surface area contributed by atoms with Gasteiger partial charge in [-0.25, -0.2) is 4.98 Å². The number of nitrogens with zero attached hydrogens (tertiary/aromatic N) is 1. The van der Waals surface area contributed by atoms with E-state index in [0.717, 1.165) is 30.0 Å². The fourth-order valence-electron chi connectivity index (χ4n) is 3.09. The van der Waals surface area contributed by atoms with E-state index in [4.69, 9.17) is 33.7 Å². The summed E-state index contributed by atoms with van der Waals surface area (Å²) in [6.07, 6.45) is 6.56. The Bertz CT molecular complexity index is 976. The van der Waals surface area contributed by atoms with Gasteiger partial charge in [0.15, 0.2) is 5.13 Å². The number of nitrogen functional groups attached to an aromatic ring is 1. The van der Waals surface area contributed by atoms with Crippen LogP contribution in [0.25, 0.3) is 0 Å². The maximum atomic E-state index is 12.7. The quantitative estimate of drug-likeness (QED) is 0.201. The Morgan fingerprint density at radius 2 is 2.27 bits per heavy atom. The van der Waals surface area contributed by atoms with Crippen LogP contribution in [0.3, 0.4) is 0 Å². The maximum Gasteiger partial charge on any atom is 0.189 e. The van der Waals surface area contributed by atoms with Crippen molar-refractivity contribution >= 4 is 62.0 Å². The van der Waals surface area contributed by atoms with Crippen molar-refractivity contribution in [1.82, 2.24) is 4.98 Å². The highest BCUT2D eigenvalue weighted by molar-refractivity contribution is 7.85. The first-order chi connectivity index (χ1) is 16.0. The Balaban J connectivity index is 0.00000187. The van der Waals surface area contributed by atoms with Gasteiger partial charge in [-0.15, -0.1) is 24.8 Å². The van der Waals surface area contributed by atoms with Crippen LogP contribution in [-0.2, 0) is 15.5 Å². The molecule has 1 saturated heterocycles. The highest BCUT2D eigenvalue weighted by Gasteiger charge is 2.20. The van der Waals surface area contributed by atoms with E-state index in [2.05, 4.69) is 23.5 Å². The Kier molecular flexibility index (Phi) is 12.2. The number of aromatic nitrogens is 1. The van der Waals surface area contributed by atoms with E-state index >= 15 is 0 Å². The van der Waals surface area contributed by atoms with E-state index in [-0.39, 0.29) is 18.3 Å². The number of nitrogens with two attached hydrogens (primary N) is 1. The van der Waals surface area contributed by atoms with E-state index in [0.29, 0.717) is 26.7 Å². The Hall–Kier alpha value is -1.68. The second-order valence-corrected chi connectivity index (χ2v) is 10.3. The van der Waals surface area contributed by atoms with Crippen LogP contribution in [0, 0.1) is 0 Å². The summed E-state index contributed by atoms with van der Waals surface area (Å²) in [7, 11) is -1.14. The van der Waals surface area contributed by atoms with Crippen molar-refractivity contribution in [2.24, 2.45) is 0 Å². The van der Waals surface area contributed by atoms with Crippen molar-refractivity contribution in [3.63, 3.8) is 0 Å². The highest BCUT2D eigenvalue weighted by atomic mass is 35.5. The minimum atomic E-state index is -1.14. The van der Waals surface area contributed by atoms with Crippen LogP contribution in [0.1, 0.15) is 30.2 Å². The number of aliphatic hydroxyl groups is 1. The lowest BCUT2D eigenvalue weighted by atomic mass is 10.2. The van der Waals surface area contributed by atoms with E-state index in [1.807, 2.05) is 24.3 Å². The summed E-state index contributed by atoms with van der Waals surface area (Å²) in [6.45, 7) is 6.74. The van der Waals surface area contributed by atoms with Crippen molar-refractivity contribution in [3.05, 3.63) is 65.6 Å². The average molecular weight is 531 g/mol. The first-order valence-corrected chi connectivity index (χ1v) is 13.4. The third kappa shape index (κ3) is 8.88. The first-order valence-electron chi connectivity index (χ1n) is 10.3. The molecule has 2 heterocycles. The molecule has 1 fully saturated rings. The number of alkyl halides is 1.